The van der Waals surface area contributed by atoms with Gasteiger partial charge in [-0.2, -0.15) is 18.2 Å². The number of amides is 1. The van der Waals surface area contributed by atoms with E-state index in [9.17, 15) is 32.7 Å². The molecule has 6 rings (SSSR count). The highest BCUT2D eigenvalue weighted by atomic mass is 19.4. The highest BCUT2D eigenvalue weighted by molar-refractivity contribution is 5.92. The molecule has 0 radical (unpaired) electrons. The van der Waals surface area contributed by atoms with Crippen molar-refractivity contribution >= 4 is 40.4 Å². The molecule has 49 heavy (non-hydrogen) atoms. The lowest BCUT2D eigenvalue weighted by Crippen LogP contribution is -2.33. The number of alkyl halides is 3. The van der Waals surface area contributed by atoms with Crippen LogP contribution < -0.4 is 15.9 Å². The van der Waals surface area contributed by atoms with Crippen molar-refractivity contribution in [1.29, 1.82) is 0 Å². The van der Waals surface area contributed by atoms with Gasteiger partial charge in [0, 0.05) is 43.8 Å². The van der Waals surface area contributed by atoms with Gasteiger partial charge < -0.3 is 20.1 Å². The van der Waals surface area contributed by atoms with Gasteiger partial charge in [-0.1, -0.05) is 72.8 Å². The molecule has 4 N–H and O–H groups in total. The van der Waals surface area contributed by atoms with Crippen LogP contribution in [0.25, 0.3) is 21.9 Å². The number of aromatic amines is 1. The molecule has 3 heterocycles. The summed E-state index contributed by atoms with van der Waals surface area (Å²) in [7, 11) is 0. The summed E-state index contributed by atoms with van der Waals surface area (Å²) in [6.45, 7) is 0.914. The van der Waals surface area contributed by atoms with Crippen molar-refractivity contribution in [2.45, 2.75) is 25.6 Å². The number of carboxylic acids is 2. The van der Waals surface area contributed by atoms with E-state index in [1.807, 2.05) is 77.7 Å². The summed E-state index contributed by atoms with van der Waals surface area (Å²) >= 11 is 0. The fourth-order valence-electron chi connectivity index (χ4n) is 5.51. The average Bonchev–Trinajstić information content (AvgIpc) is 3.78. The van der Waals surface area contributed by atoms with Crippen LogP contribution in [0.4, 0.5) is 24.9 Å². The molecule has 2 unspecified atom stereocenters. The lowest BCUT2D eigenvalue weighted by molar-refractivity contribution is -0.192. The molecule has 12 nitrogen and oxygen atoms in total. The molecule has 1 aliphatic heterocycles. The number of H-pyrrole nitrogens is 1. The number of nitrogens with one attached hydrogen (secondary N) is 2. The van der Waals surface area contributed by atoms with E-state index < -0.39 is 29.7 Å². The van der Waals surface area contributed by atoms with E-state index in [1.54, 1.807) is 18.6 Å². The SMILES string of the molecule is O=C(O)C(Cc1ccc2ccccc2c1)Cn1cc(-c2ccccc2)c(N2CCC(C(=O)Nc3ncc[nH]3)C2)nc1=O.O=C(O)C(F)(F)F. The Labute approximate surface area is 276 Å². The number of carbonyl (C=O) groups is 3. The fraction of sp³-hybridized carbons (Fsp3) is 0.235. The molecule has 1 amide bonds. The van der Waals surface area contributed by atoms with Crippen molar-refractivity contribution in [3.63, 3.8) is 0 Å². The Hall–Kier alpha value is -5.99. The standard InChI is InChI=1S/C32H30N6O4.C2HF3O2/c39-29(36-31-33-13-14-34-31)25-12-15-37(18-25)28-27(23-7-2-1-3-8-23)20-38(32(42)35-28)19-26(30(40)41)17-21-10-11-22-6-4-5-9-24(22)16-21;3-2(4,5)1(6)7/h1-11,13-14,16,20,25-26H,12,15,17-19H2,(H,40,41)(H2,33,34,36,39);(H,6,7). The molecule has 2 aromatic heterocycles. The van der Waals surface area contributed by atoms with Gasteiger partial charge in [0.2, 0.25) is 11.9 Å². The van der Waals surface area contributed by atoms with Crippen LogP contribution in [0.3, 0.4) is 0 Å². The molecule has 3 aromatic carbocycles. The second-order valence-corrected chi connectivity index (χ2v) is 11.4. The van der Waals surface area contributed by atoms with Crippen LogP contribution in [0.2, 0.25) is 0 Å². The third kappa shape index (κ3) is 8.68. The summed E-state index contributed by atoms with van der Waals surface area (Å²) in [5.74, 6) is -4.15. The van der Waals surface area contributed by atoms with E-state index in [1.165, 1.54) is 4.57 Å². The van der Waals surface area contributed by atoms with Gasteiger partial charge in [0.05, 0.1) is 11.8 Å². The number of hydrogen-bond donors (Lipinski definition) is 4. The lowest BCUT2D eigenvalue weighted by atomic mass is 9.97. The van der Waals surface area contributed by atoms with Crippen LogP contribution in [0.1, 0.15) is 12.0 Å². The summed E-state index contributed by atoms with van der Waals surface area (Å²) in [5.41, 5.74) is 1.91. The average molecular weight is 677 g/mol. The Morgan fingerprint density at radius 1 is 1.00 bits per heavy atom. The highest BCUT2D eigenvalue weighted by Crippen LogP contribution is 2.32. The second kappa shape index (κ2) is 14.8. The molecule has 5 aromatic rings. The first-order valence-corrected chi connectivity index (χ1v) is 15.1. The number of carbonyl (C=O) groups excluding carboxylic acids is 1. The number of carboxylic acid groups (broad SMARTS) is 2. The number of fused-ring (bicyclic) bond motifs is 1. The normalized spacial score (nSPS) is 14.9. The highest BCUT2D eigenvalue weighted by Gasteiger charge is 2.38. The van der Waals surface area contributed by atoms with E-state index in [2.05, 4.69) is 20.3 Å². The number of aromatic nitrogens is 4. The first-order valence-electron chi connectivity index (χ1n) is 15.1. The van der Waals surface area contributed by atoms with Crippen LogP contribution in [-0.2, 0) is 27.3 Å². The van der Waals surface area contributed by atoms with Crippen molar-refractivity contribution in [3.05, 3.63) is 107 Å². The van der Waals surface area contributed by atoms with E-state index in [0.717, 1.165) is 21.9 Å². The first kappa shape index (κ1) is 34.3. The third-order valence-corrected chi connectivity index (χ3v) is 7.96. The maximum Gasteiger partial charge on any atom is 0.490 e. The minimum Gasteiger partial charge on any atom is -0.481 e. The Morgan fingerprint density at radius 3 is 2.35 bits per heavy atom. The zero-order chi connectivity index (χ0) is 35.1. The number of aliphatic carboxylic acids is 2. The molecule has 1 aliphatic rings. The zero-order valence-electron chi connectivity index (χ0n) is 25.8. The zero-order valence-corrected chi connectivity index (χ0v) is 25.8. The molecule has 0 saturated carbocycles. The molecular weight excluding hydrogens is 645 g/mol. The number of benzene rings is 3. The molecule has 15 heteroatoms. The number of imidazole rings is 1. The molecule has 1 fully saturated rings. The maximum atomic E-state index is 13.3. The predicted octanol–water partition coefficient (Wildman–Crippen LogP) is 4.83. The van der Waals surface area contributed by atoms with Crippen molar-refractivity contribution in [2.75, 3.05) is 23.3 Å². The van der Waals surface area contributed by atoms with Gasteiger partial charge in [-0.05, 0) is 34.7 Å². The van der Waals surface area contributed by atoms with E-state index >= 15 is 0 Å². The summed E-state index contributed by atoms with van der Waals surface area (Å²) in [4.78, 5) is 60.7. The number of halogens is 3. The third-order valence-electron chi connectivity index (χ3n) is 7.96. The van der Waals surface area contributed by atoms with Gasteiger partial charge >= 0.3 is 23.8 Å². The van der Waals surface area contributed by atoms with Gasteiger partial charge in [0.25, 0.3) is 0 Å². The van der Waals surface area contributed by atoms with Crippen molar-refractivity contribution < 1.29 is 37.8 Å². The Balaban J connectivity index is 0.000000606. The van der Waals surface area contributed by atoms with Crippen LogP contribution >= 0.6 is 0 Å². The van der Waals surface area contributed by atoms with Crippen molar-refractivity contribution in [1.82, 2.24) is 19.5 Å². The molecule has 0 spiro atoms. The predicted molar refractivity (Wildman–Crippen MR) is 174 cm³/mol. The summed E-state index contributed by atoms with van der Waals surface area (Å²) in [6.07, 6.45) is 0.690. The van der Waals surface area contributed by atoms with Crippen LogP contribution in [0.5, 0.6) is 0 Å². The topological polar surface area (TPSA) is 171 Å². The Morgan fingerprint density at radius 2 is 1.69 bits per heavy atom. The fourth-order valence-corrected chi connectivity index (χ4v) is 5.51. The number of rotatable bonds is 9. The van der Waals surface area contributed by atoms with E-state index in [4.69, 9.17) is 9.90 Å². The number of anilines is 2. The van der Waals surface area contributed by atoms with E-state index in [0.29, 0.717) is 36.8 Å². The van der Waals surface area contributed by atoms with Gasteiger partial charge in [0.15, 0.2) is 0 Å². The summed E-state index contributed by atoms with van der Waals surface area (Å²) in [6, 6.07) is 23.4. The minimum atomic E-state index is -5.08. The maximum absolute atomic E-state index is 13.3. The van der Waals surface area contributed by atoms with Gasteiger partial charge in [0.1, 0.15) is 5.82 Å². The first-order chi connectivity index (χ1) is 23.4. The molecule has 254 valence electrons. The number of hydrogen-bond acceptors (Lipinski definition) is 7. The van der Waals surface area contributed by atoms with Gasteiger partial charge in [-0.25, -0.2) is 14.6 Å². The van der Waals surface area contributed by atoms with Crippen LogP contribution in [0, 0.1) is 11.8 Å². The quantitative estimate of drug-likeness (QED) is 0.171. The van der Waals surface area contributed by atoms with Crippen molar-refractivity contribution in [2.24, 2.45) is 11.8 Å². The van der Waals surface area contributed by atoms with Gasteiger partial charge in [-0.3, -0.25) is 19.5 Å². The monoisotopic (exact) mass is 676 g/mol. The summed E-state index contributed by atoms with van der Waals surface area (Å²) in [5, 5.41) is 22.1. The Kier molecular flexibility index (Phi) is 10.4. The number of nitrogens with zero attached hydrogens (tertiary/aromatic N) is 4. The molecule has 0 bridgehead atoms. The molecule has 0 aliphatic carbocycles. The second-order valence-electron chi connectivity index (χ2n) is 11.4. The Bertz CT molecular complexity index is 2000. The van der Waals surface area contributed by atoms with Crippen LogP contribution in [0.15, 0.2) is 96.2 Å². The van der Waals surface area contributed by atoms with Crippen molar-refractivity contribution in [3.8, 4) is 11.1 Å². The smallest absolute Gasteiger partial charge is 0.481 e. The lowest BCUT2D eigenvalue weighted by Gasteiger charge is -2.22. The summed E-state index contributed by atoms with van der Waals surface area (Å²) < 4.78 is 33.1. The van der Waals surface area contributed by atoms with Gasteiger partial charge in [-0.15, -0.1) is 0 Å². The molecule has 2 atom stereocenters. The largest absolute Gasteiger partial charge is 0.490 e. The minimum absolute atomic E-state index is 0.0255. The van der Waals surface area contributed by atoms with E-state index in [-0.39, 0.29) is 24.8 Å². The molecular formula is C34H31F3N6O6. The van der Waals surface area contributed by atoms with Crippen LogP contribution in [-0.4, -0.2) is 66.8 Å². The molecule has 1 saturated heterocycles.